The molecule has 1 N–H and O–H groups in total. The molecule has 120 valence electrons. The van der Waals surface area contributed by atoms with Crippen molar-refractivity contribution in [3.8, 4) is 0 Å². The highest BCUT2D eigenvalue weighted by molar-refractivity contribution is 6.31. The molecule has 0 saturated heterocycles. The third-order valence-electron chi connectivity index (χ3n) is 3.35. The van der Waals surface area contributed by atoms with Gasteiger partial charge in [0.15, 0.2) is 0 Å². The molecular formula is C16H15ClN2O4. The van der Waals surface area contributed by atoms with Gasteiger partial charge in [0.05, 0.1) is 12.0 Å². The highest BCUT2D eigenvalue weighted by Crippen LogP contribution is 2.28. The molecule has 0 saturated carbocycles. The van der Waals surface area contributed by atoms with E-state index in [1.165, 1.54) is 25.3 Å². The summed E-state index contributed by atoms with van der Waals surface area (Å²) in [6, 6.07) is 11.4. The number of hydrogen-bond acceptors (Lipinski definition) is 5. The molecule has 0 spiro atoms. The first kappa shape index (κ1) is 16.8. The number of anilines is 1. The van der Waals surface area contributed by atoms with Crippen molar-refractivity contribution in [2.75, 3.05) is 12.4 Å². The molecule has 2 aromatic rings. The zero-order valence-electron chi connectivity index (χ0n) is 12.6. The van der Waals surface area contributed by atoms with Crippen LogP contribution in [0.2, 0.25) is 5.02 Å². The van der Waals surface area contributed by atoms with Crippen molar-refractivity contribution < 1.29 is 14.5 Å². The van der Waals surface area contributed by atoms with Crippen LogP contribution in [0.25, 0.3) is 0 Å². The van der Waals surface area contributed by atoms with Gasteiger partial charge in [-0.1, -0.05) is 29.8 Å². The van der Waals surface area contributed by atoms with Crippen molar-refractivity contribution in [1.29, 1.82) is 0 Å². The standard InChI is InChI=1S/C16H15ClN2O4/c1-10(12-5-3-4-6-14(12)17)18-11-7-8-15(19(21)22)13(9-11)16(20)23-2/h3-10,18H,1-2H3. The predicted molar refractivity (Wildman–Crippen MR) is 87.9 cm³/mol. The summed E-state index contributed by atoms with van der Waals surface area (Å²) in [5.74, 6) is -0.759. The van der Waals surface area contributed by atoms with Gasteiger partial charge in [-0.15, -0.1) is 0 Å². The second-order valence-corrected chi connectivity index (χ2v) is 5.28. The maximum Gasteiger partial charge on any atom is 0.344 e. The fourth-order valence-electron chi connectivity index (χ4n) is 2.21. The average Bonchev–Trinajstić information content (AvgIpc) is 2.54. The van der Waals surface area contributed by atoms with E-state index in [0.717, 1.165) is 5.56 Å². The van der Waals surface area contributed by atoms with Crippen molar-refractivity contribution in [2.24, 2.45) is 0 Å². The molecule has 6 nitrogen and oxygen atoms in total. The molecule has 0 amide bonds. The zero-order chi connectivity index (χ0) is 17.0. The molecule has 0 heterocycles. The number of nitro groups is 1. The van der Waals surface area contributed by atoms with Gasteiger partial charge in [0.25, 0.3) is 5.69 Å². The van der Waals surface area contributed by atoms with Gasteiger partial charge in [-0.05, 0) is 30.7 Å². The van der Waals surface area contributed by atoms with Crippen LogP contribution in [-0.4, -0.2) is 18.0 Å². The number of halogens is 1. The summed E-state index contributed by atoms with van der Waals surface area (Å²) in [6.07, 6.45) is 0. The highest BCUT2D eigenvalue weighted by atomic mass is 35.5. The molecule has 0 aliphatic heterocycles. The minimum Gasteiger partial charge on any atom is -0.465 e. The fraction of sp³-hybridized carbons (Fsp3) is 0.188. The molecule has 7 heteroatoms. The quantitative estimate of drug-likeness (QED) is 0.503. The van der Waals surface area contributed by atoms with Crippen LogP contribution in [0.5, 0.6) is 0 Å². The second kappa shape index (κ2) is 7.11. The van der Waals surface area contributed by atoms with E-state index in [2.05, 4.69) is 10.1 Å². The lowest BCUT2D eigenvalue weighted by molar-refractivity contribution is -0.385. The number of rotatable bonds is 5. The Morgan fingerprint density at radius 2 is 2.00 bits per heavy atom. The molecule has 0 aliphatic carbocycles. The summed E-state index contributed by atoms with van der Waals surface area (Å²) < 4.78 is 4.60. The van der Waals surface area contributed by atoms with Crippen LogP contribution in [-0.2, 0) is 4.74 Å². The van der Waals surface area contributed by atoms with E-state index in [1.807, 2.05) is 25.1 Å². The predicted octanol–water partition coefficient (Wildman–Crippen LogP) is 4.21. The molecule has 0 fully saturated rings. The summed E-state index contributed by atoms with van der Waals surface area (Å²) >= 11 is 6.15. The maximum absolute atomic E-state index is 11.7. The van der Waals surface area contributed by atoms with Gasteiger partial charge >= 0.3 is 5.97 Å². The Hall–Kier alpha value is -2.60. The van der Waals surface area contributed by atoms with E-state index in [-0.39, 0.29) is 17.3 Å². The first-order valence-electron chi connectivity index (χ1n) is 6.81. The number of carbonyl (C=O) groups excluding carboxylic acids is 1. The van der Waals surface area contributed by atoms with Crippen LogP contribution in [0, 0.1) is 10.1 Å². The van der Waals surface area contributed by atoms with Gasteiger partial charge in [0, 0.05) is 22.8 Å². The topological polar surface area (TPSA) is 81.5 Å². The van der Waals surface area contributed by atoms with Gasteiger partial charge in [0.1, 0.15) is 5.56 Å². The van der Waals surface area contributed by atoms with Crippen LogP contribution in [0.3, 0.4) is 0 Å². The summed E-state index contributed by atoms with van der Waals surface area (Å²) in [7, 11) is 1.18. The number of ether oxygens (including phenoxy) is 1. The highest BCUT2D eigenvalue weighted by Gasteiger charge is 2.21. The van der Waals surface area contributed by atoms with E-state index in [0.29, 0.717) is 10.7 Å². The molecule has 0 bridgehead atoms. The number of methoxy groups -OCH3 is 1. The summed E-state index contributed by atoms with van der Waals surface area (Å²) in [4.78, 5) is 22.1. The molecule has 2 rings (SSSR count). The third-order valence-corrected chi connectivity index (χ3v) is 3.70. The van der Waals surface area contributed by atoms with Crippen LogP contribution in [0.4, 0.5) is 11.4 Å². The Kier molecular flexibility index (Phi) is 5.18. The normalized spacial score (nSPS) is 11.6. The van der Waals surface area contributed by atoms with E-state index in [1.54, 1.807) is 6.07 Å². The lowest BCUT2D eigenvalue weighted by Gasteiger charge is -2.17. The first-order chi connectivity index (χ1) is 10.9. The van der Waals surface area contributed by atoms with E-state index >= 15 is 0 Å². The van der Waals surface area contributed by atoms with E-state index in [4.69, 9.17) is 11.6 Å². The number of benzene rings is 2. The van der Waals surface area contributed by atoms with Crippen LogP contribution in [0.15, 0.2) is 42.5 Å². The van der Waals surface area contributed by atoms with Crippen LogP contribution in [0.1, 0.15) is 28.9 Å². The van der Waals surface area contributed by atoms with E-state index in [9.17, 15) is 14.9 Å². The van der Waals surface area contributed by atoms with E-state index < -0.39 is 10.9 Å². The summed E-state index contributed by atoms with van der Waals surface area (Å²) in [6.45, 7) is 1.90. The number of nitrogens with zero attached hydrogens (tertiary/aromatic N) is 1. The second-order valence-electron chi connectivity index (χ2n) is 4.87. The average molecular weight is 335 g/mol. The van der Waals surface area contributed by atoms with Crippen molar-refractivity contribution in [2.45, 2.75) is 13.0 Å². The Morgan fingerprint density at radius 1 is 1.30 bits per heavy atom. The van der Waals surface area contributed by atoms with Gasteiger partial charge in [0.2, 0.25) is 0 Å². The number of nitro benzene ring substituents is 1. The van der Waals surface area contributed by atoms with Crippen molar-refractivity contribution in [1.82, 2.24) is 0 Å². The lowest BCUT2D eigenvalue weighted by Crippen LogP contribution is -2.10. The molecule has 2 aromatic carbocycles. The Bertz CT molecular complexity index is 749. The van der Waals surface area contributed by atoms with Crippen molar-refractivity contribution in [3.63, 3.8) is 0 Å². The summed E-state index contributed by atoms with van der Waals surface area (Å²) in [5, 5.41) is 14.8. The molecule has 0 radical (unpaired) electrons. The van der Waals surface area contributed by atoms with Crippen molar-refractivity contribution in [3.05, 3.63) is 68.7 Å². The smallest absolute Gasteiger partial charge is 0.344 e. The minimum atomic E-state index is -0.759. The molecule has 23 heavy (non-hydrogen) atoms. The van der Waals surface area contributed by atoms with Crippen LogP contribution >= 0.6 is 11.6 Å². The number of esters is 1. The monoisotopic (exact) mass is 334 g/mol. The SMILES string of the molecule is COC(=O)c1cc(NC(C)c2ccccc2Cl)ccc1[N+](=O)[O-]. The van der Waals surface area contributed by atoms with Gasteiger partial charge in [-0.25, -0.2) is 4.79 Å². The van der Waals surface area contributed by atoms with Crippen molar-refractivity contribution >= 4 is 28.9 Å². The number of nitrogens with one attached hydrogen (secondary N) is 1. The molecule has 0 aliphatic rings. The zero-order valence-corrected chi connectivity index (χ0v) is 13.3. The Morgan fingerprint density at radius 3 is 2.61 bits per heavy atom. The number of hydrogen-bond donors (Lipinski definition) is 1. The van der Waals surface area contributed by atoms with Gasteiger partial charge in [-0.3, -0.25) is 10.1 Å². The lowest BCUT2D eigenvalue weighted by atomic mass is 10.1. The fourth-order valence-corrected chi connectivity index (χ4v) is 2.51. The number of carbonyl (C=O) groups is 1. The van der Waals surface area contributed by atoms with Crippen LogP contribution < -0.4 is 5.32 Å². The first-order valence-corrected chi connectivity index (χ1v) is 7.19. The molecule has 1 atom stereocenters. The molecule has 1 unspecified atom stereocenters. The Balaban J connectivity index is 2.32. The minimum absolute atomic E-state index is 0.103. The largest absolute Gasteiger partial charge is 0.465 e. The third kappa shape index (κ3) is 3.78. The Labute approximate surface area is 138 Å². The van der Waals surface area contributed by atoms with Gasteiger partial charge < -0.3 is 10.1 Å². The maximum atomic E-state index is 11.7. The molecular weight excluding hydrogens is 320 g/mol. The van der Waals surface area contributed by atoms with Gasteiger partial charge in [-0.2, -0.15) is 0 Å². The molecule has 0 aromatic heterocycles. The summed E-state index contributed by atoms with van der Waals surface area (Å²) in [5.41, 5.74) is 1.04.